The molecule has 2 amide bonds. The topological polar surface area (TPSA) is 95.8 Å². The van der Waals surface area contributed by atoms with Crippen molar-refractivity contribution >= 4 is 35.0 Å². The fourth-order valence-electron chi connectivity index (χ4n) is 4.08. The van der Waals surface area contributed by atoms with E-state index in [9.17, 15) is 19.7 Å². The Morgan fingerprint density at radius 1 is 1.12 bits per heavy atom. The Bertz CT molecular complexity index is 1090. The number of rotatable bonds is 5. The van der Waals surface area contributed by atoms with E-state index in [0.717, 1.165) is 37.9 Å². The number of piperidine rings is 1. The molecule has 2 aromatic carbocycles. The van der Waals surface area contributed by atoms with Crippen molar-refractivity contribution < 1.29 is 14.5 Å². The molecule has 4 rings (SSSR count). The number of hydrazine groups is 1. The van der Waals surface area contributed by atoms with E-state index in [1.54, 1.807) is 24.3 Å². The first-order valence-electron chi connectivity index (χ1n) is 10.9. The Kier molecular flexibility index (Phi) is 5.94. The van der Waals surface area contributed by atoms with Crippen molar-refractivity contribution in [2.75, 3.05) is 23.0 Å². The maximum atomic E-state index is 12.9. The number of anilines is 2. The number of nitrogens with zero attached hydrogens (tertiary/aromatic N) is 3. The Morgan fingerprint density at radius 2 is 1.81 bits per heavy atom. The quantitative estimate of drug-likeness (QED) is 0.334. The molecular formula is C24H26N4O4. The molecule has 2 fully saturated rings. The summed E-state index contributed by atoms with van der Waals surface area (Å²) in [6.07, 6.45) is 4.27. The van der Waals surface area contributed by atoms with Gasteiger partial charge in [-0.15, -0.1) is 0 Å². The molecule has 2 heterocycles. The zero-order valence-corrected chi connectivity index (χ0v) is 18.2. The van der Waals surface area contributed by atoms with Crippen LogP contribution in [0.15, 0.2) is 48.0 Å². The number of nitrogens with one attached hydrogen (secondary N) is 1. The summed E-state index contributed by atoms with van der Waals surface area (Å²) in [5, 5.41) is 12.9. The van der Waals surface area contributed by atoms with Gasteiger partial charge in [0.25, 0.3) is 17.5 Å². The normalized spacial score (nSPS) is 18.4. The second-order valence-electron chi connectivity index (χ2n) is 8.33. The van der Waals surface area contributed by atoms with Gasteiger partial charge in [-0.3, -0.25) is 25.1 Å². The van der Waals surface area contributed by atoms with Crippen molar-refractivity contribution in [3.63, 3.8) is 0 Å². The van der Waals surface area contributed by atoms with E-state index in [0.29, 0.717) is 22.9 Å². The van der Waals surface area contributed by atoms with Gasteiger partial charge >= 0.3 is 0 Å². The molecule has 2 aliphatic heterocycles. The van der Waals surface area contributed by atoms with Gasteiger partial charge in [-0.05, 0) is 60.6 Å². The molecule has 0 bridgehead atoms. The maximum Gasteiger partial charge on any atom is 0.293 e. The highest BCUT2D eigenvalue weighted by Crippen LogP contribution is 2.33. The number of hydrogen-bond donors (Lipinski definition) is 1. The first kappa shape index (κ1) is 21.5. The second-order valence-corrected chi connectivity index (χ2v) is 8.33. The molecule has 0 spiro atoms. The number of benzene rings is 2. The molecule has 0 unspecified atom stereocenters. The van der Waals surface area contributed by atoms with Crippen LogP contribution in [0.3, 0.4) is 0 Å². The van der Waals surface area contributed by atoms with Crippen LogP contribution in [0.1, 0.15) is 37.8 Å². The molecule has 32 heavy (non-hydrogen) atoms. The van der Waals surface area contributed by atoms with Gasteiger partial charge in [0.05, 0.1) is 10.6 Å². The van der Waals surface area contributed by atoms with E-state index in [1.165, 1.54) is 17.2 Å². The molecule has 8 heteroatoms. The van der Waals surface area contributed by atoms with E-state index in [1.807, 2.05) is 24.0 Å². The largest absolute Gasteiger partial charge is 0.366 e. The molecule has 0 aromatic heterocycles. The molecule has 2 aliphatic rings. The van der Waals surface area contributed by atoms with Crippen LogP contribution in [0.25, 0.3) is 6.08 Å². The first-order valence-corrected chi connectivity index (χ1v) is 10.9. The predicted octanol–water partition coefficient (Wildman–Crippen LogP) is 3.85. The lowest BCUT2D eigenvalue weighted by Gasteiger charge is -2.31. The zero-order chi connectivity index (χ0) is 22.8. The molecule has 8 nitrogen and oxygen atoms in total. The highest BCUT2D eigenvalue weighted by molar-refractivity contribution is 6.31. The summed E-state index contributed by atoms with van der Waals surface area (Å²) in [4.78, 5) is 38.7. The number of nitro benzene ring substituents is 1. The van der Waals surface area contributed by atoms with Gasteiger partial charge in [0.15, 0.2) is 0 Å². The molecule has 0 aliphatic carbocycles. The summed E-state index contributed by atoms with van der Waals surface area (Å²) in [5.74, 6) is -0.412. The number of carbonyl (C=O) groups excluding carboxylic acids is 2. The van der Waals surface area contributed by atoms with E-state index >= 15 is 0 Å². The highest BCUT2D eigenvalue weighted by Gasteiger charge is 2.34. The van der Waals surface area contributed by atoms with Crippen LogP contribution in [0.5, 0.6) is 0 Å². The van der Waals surface area contributed by atoms with Crippen molar-refractivity contribution in [1.29, 1.82) is 0 Å². The Morgan fingerprint density at radius 3 is 2.44 bits per heavy atom. The summed E-state index contributed by atoms with van der Waals surface area (Å²) in [6, 6.07) is 12.2. The average Bonchev–Trinajstić information content (AvgIpc) is 3.08. The molecule has 166 valence electrons. The third-order valence-electron chi connectivity index (χ3n) is 6.13. The minimum absolute atomic E-state index is 0.0215. The monoisotopic (exact) mass is 434 g/mol. The fourth-order valence-corrected chi connectivity index (χ4v) is 4.08. The van der Waals surface area contributed by atoms with Gasteiger partial charge in [-0.25, -0.2) is 5.01 Å². The summed E-state index contributed by atoms with van der Waals surface area (Å²) in [6.45, 7) is 5.77. The number of aryl methyl sites for hydroxylation is 1. The number of nitro groups is 1. The molecule has 0 atom stereocenters. The van der Waals surface area contributed by atoms with Gasteiger partial charge < -0.3 is 4.90 Å². The first-order chi connectivity index (χ1) is 15.4. The van der Waals surface area contributed by atoms with Crippen LogP contribution in [-0.2, 0) is 16.0 Å². The van der Waals surface area contributed by atoms with Crippen molar-refractivity contribution in [1.82, 2.24) is 5.43 Å². The third-order valence-corrected chi connectivity index (χ3v) is 6.13. The second kappa shape index (κ2) is 8.82. The molecular weight excluding hydrogens is 408 g/mol. The maximum absolute atomic E-state index is 12.9. The summed E-state index contributed by atoms with van der Waals surface area (Å²) >= 11 is 0. The van der Waals surface area contributed by atoms with Crippen LogP contribution in [0.2, 0.25) is 0 Å². The van der Waals surface area contributed by atoms with Crippen molar-refractivity contribution in [3.8, 4) is 0 Å². The minimum atomic E-state index is -0.536. The lowest BCUT2D eigenvalue weighted by molar-refractivity contribution is -0.384. The smallest absolute Gasteiger partial charge is 0.293 e. The van der Waals surface area contributed by atoms with E-state index in [4.69, 9.17) is 0 Å². The summed E-state index contributed by atoms with van der Waals surface area (Å²) in [5.41, 5.74) is 5.18. The molecule has 0 radical (unpaired) electrons. The van der Waals surface area contributed by atoms with Gasteiger partial charge in [-0.1, -0.05) is 32.0 Å². The van der Waals surface area contributed by atoms with Crippen LogP contribution >= 0.6 is 0 Å². The molecule has 0 saturated carbocycles. The van der Waals surface area contributed by atoms with E-state index < -0.39 is 16.7 Å². The molecule has 2 aromatic rings. The van der Waals surface area contributed by atoms with Gasteiger partial charge in [0.2, 0.25) is 0 Å². The summed E-state index contributed by atoms with van der Waals surface area (Å²) < 4.78 is 0. The van der Waals surface area contributed by atoms with E-state index in [-0.39, 0.29) is 11.3 Å². The van der Waals surface area contributed by atoms with Crippen molar-refractivity contribution in [3.05, 3.63) is 69.3 Å². The number of hydrogen-bond acceptors (Lipinski definition) is 5. The minimum Gasteiger partial charge on any atom is -0.366 e. The lowest BCUT2D eigenvalue weighted by Crippen LogP contribution is -2.35. The van der Waals surface area contributed by atoms with Crippen LogP contribution in [0.4, 0.5) is 17.1 Å². The highest BCUT2D eigenvalue weighted by atomic mass is 16.6. The molecule has 1 N–H and O–H groups in total. The predicted molar refractivity (Wildman–Crippen MR) is 123 cm³/mol. The third kappa shape index (κ3) is 4.21. The Balaban J connectivity index is 1.61. The number of amides is 2. The van der Waals surface area contributed by atoms with Gasteiger partial charge in [-0.2, -0.15) is 0 Å². The van der Waals surface area contributed by atoms with Gasteiger partial charge in [0.1, 0.15) is 11.3 Å². The van der Waals surface area contributed by atoms with E-state index in [2.05, 4.69) is 12.3 Å². The van der Waals surface area contributed by atoms with Crippen LogP contribution in [-0.4, -0.2) is 29.8 Å². The fraction of sp³-hybridized carbons (Fsp3) is 0.333. The lowest BCUT2D eigenvalue weighted by atomic mass is 9.98. The van der Waals surface area contributed by atoms with Crippen molar-refractivity contribution in [2.24, 2.45) is 5.92 Å². The van der Waals surface area contributed by atoms with Crippen LogP contribution in [0, 0.1) is 16.0 Å². The summed E-state index contributed by atoms with van der Waals surface area (Å²) in [7, 11) is 0. The van der Waals surface area contributed by atoms with Gasteiger partial charge in [0, 0.05) is 19.2 Å². The standard InChI is InChI=1S/C24H26N4O4/c1-3-17-4-7-19(8-5-17)27-24(30)20(23(29)25-27)14-18-6-9-21(22(15-18)28(31)32)26-12-10-16(2)11-13-26/h4-9,14-16H,3,10-13H2,1-2H3,(H,25,29)/b20-14+. The van der Waals surface area contributed by atoms with Crippen LogP contribution < -0.4 is 15.3 Å². The molecule has 2 saturated heterocycles. The SMILES string of the molecule is CCc1ccc(N2NC(=O)/C(=C\c3ccc(N4CCC(C)CC4)c([N+](=O)[O-])c3)C2=O)cc1. The Labute approximate surface area is 186 Å². The van der Waals surface area contributed by atoms with Crippen molar-refractivity contribution in [2.45, 2.75) is 33.1 Å². The average molecular weight is 434 g/mol. The number of carbonyl (C=O) groups is 2. The Hall–Kier alpha value is -3.68. The zero-order valence-electron chi connectivity index (χ0n) is 18.2.